The molecule has 0 fully saturated rings. The van der Waals surface area contributed by atoms with Gasteiger partial charge in [-0.15, -0.1) is 0 Å². The fourth-order valence-electron chi connectivity index (χ4n) is 3.82. The molecule has 164 valence electrons. The van der Waals surface area contributed by atoms with Crippen molar-refractivity contribution in [2.24, 2.45) is 5.92 Å². The minimum atomic E-state index is -1.05. The topological polar surface area (TPSA) is 79.5 Å². The number of nitrogens with zero attached hydrogens (tertiary/aromatic N) is 1. The van der Waals surface area contributed by atoms with Crippen LogP contribution in [0.15, 0.2) is 30.3 Å². The summed E-state index contributed by atoms with van der Waals surface area (Å²) in [6.07, 6.45) is 1.12. The predicted octanol–water partition coefficient (Wildman–Crippen LogP) is 6.39. The number of fused-ring (bicyclic) bond motifs is 1. The van der Waals surface area contributed by atoms with Crippen LogP contribution >= 0.6 is 23.2 Å². The first-order valence-corrected chi connectivity index (χ1v) is 10.6. The normalized spacial score (nSPS) is 13.4. The van der Waals surface area contributed by atoms with E-state index >= 15 is 0 Å². The fraction of sp³-hybridized carbons (Fsp3) is 0.304. The molecule has 0 bridgehead atoms. The van der Waals surface area contributed by atoms with Gasteiger partial charge in [-0.1, -0.05) is 43.5 Å². The predicted molar refractivity (Wildman–Crippen MR) is 119 cm³/mol. The maximum atomic E-state index is 14.2. The van der Waals surface area contributed by atoms with Crippen LogP contribution in [0.1, 0.15) is 54.2 Å². The van der Waals surface area contributed by atoms with E-state index < -0.39 is 29.4 Å². The van der Waals surface area contributed by atoms with Crippen LogP contribution in [-0.4, -0.2) is 26.7 Å². The Balaban J connectivity index is 2.30. The van der Waals surface area contributed by atoms with E-state index in [1.807, 2.05) is 13.8 Å². The second kappa shape index (κ2) is 8.89. The second-order valence-corrected chi connectivity index (χ2v) is 8.54. The first-order chi connectivity index (χ1) is 14.6. The SMILES string of the molecule is CCC(C)CC(C(=O)O)c1c(C)n(C(=O)c2ccc(Cl)c(Cl)c2)c2cc(F)c(O)cc12. The van der Waals surface area contributed by atoms with E-state index in [0.717, 1.165) is 12.5 Å². The monoisotopic (exact) mass is 465 g/mol. The summed E-state index contributed by atoms with van der Waals surface area (Å²) < 4.78 is 15.5. The van der Waals surface area contributed by atoms with E-state index in [1.165, 1.54) is 28.8 Å². The first-order valence-electron chi connectivity index (χ1n) is 9.82. The lowest BCUT2D eigenvalue weighted by atomic mass is 9.87. The number of phenolic OH excluding ortho intramolecular Hbond substituents is 1. The van der Waals surface area contributed by atoms with Crippen molar-refractivity contribution in [2.45, 2.75) is 39.5 Å². The fourth-order valence-corrected chi connectivity index (χ4v) is 4.12. The van der Waals surface area contributed by atoms with E-state index in [4.69, 9.17) is 23.2 Å². The summed E-state index contributed by atoms with van der Waals surface area (Å²) in [5, 5.41) is 20.7. The molecule has 2 atom stereocenters. The number of aromatic nitrogens is 1. The molecule has 2 unspecified atom stereocenters. The molecule has 0 radical (unpaired) electrons. The van der Waals surface area contributed by atoms with Crippen LogP contribution in [0.5, 0.6) is 5.75 Å². The van der Waals surface area contributed by atoms with Crippen molar-refractivity contribution in [3.8, 4) is 5.75 Å². The van der Waals surface area contributed by atoms with Gasteiger partial charge in [0.25, 0.3) is 5.91 Å². The molecule has 3 aromatic rings. The molecule has 3 rings (SSSR count). The van der Waals surface area contributed by atoms with Gasteiger partial charge in [0, 0.05) is 22.7 Å². The van der Waals surface area contributed by atoms with Crippen LogP contribution in [0, 0.1) is 18.7 Å². The summed E-state index contributed by atoms with van der Waals surface area (Å²) in [7, 11) is 0. The minimum Gasteiger partial charge on any atom is -0.505 e. The zero-order chi connectivity index (χ0) is 23.0. The van der Waals surface area contributed by atoms with E-state index in [2.05, 4.69) is 0 Å². The summed E-state index contributed by atoms with van der Waals surface area (Å²) in [5.41, 5.74) is 1.13. The Labute approximate surface area is 189 Å². The molecule has 0 saturated carbocycles. The zero-order valence-electron chi connectivity index (χ0n) is 17.2. The van der Waals surface area contributed by atoms with Gasteiger partial charge in [0.05, 0.1) is 21.5 Å². The number of hydrogen-bond acceptors (Lipinski definition) is 3. The number of aliphatic carboxylic acids is 1. The van der Waals surface area contributed by atoms with E-state index in [9.17, 15) is 24.2 Å². The Morgan fingerprint density at radius 2 is 1.84 bits per heavy atom. The van der Waals surface area contributed by atoms with Gasteiger partial charge in [0.15, 0.2) is 11.6 Å². The number of halogens is 3. The molecular weight excluding hydrogens is 444 g/mol. The largest absolute Gasteiger partial charge is 0.505 e. The number of carbonyl (C=O) groups is 2. The molecule has 2 aromatic carbocycles. The maximum absolute atomic E-state index is 14.2. The smallest absolute Gasteiger partial charge is 0.311 e. The van der Waals surface area contributed by atoms with Gasteiger partial charge in [0.1, 0.15) is 0 Å². The summed E-state index contributed by atoms with van der Waals surface area (Å²) in [6, 6.07) is 6.60. The molecule has 0 amide bonds. The van der Waals surface area contributed by atoms with Crippen molar-refractivity contribution < 1.29 is 24.2 Å². The number of hydrogen-bond donors (Lipinski definition) is 2. The van der Waals surface area contributed by atoms with Crippen LogP contribution in [0.25, 0.3) is 10.9 Å². The van der Waals surface area contributed by atoms with Crippen molar-refractivity contribution >= 4 is 46.0 Å². The minimum absolute atomic E-state index is 0.110. The summed E-state index contributed by atoms with van der Waals surface area (Å²) in [6.45, 7) is 5.53. The van der Waals surface area contributed by atoms with Crippen LogP contribution in [0.3, 0.4) is 0 Å². The quantitative estimate of drug-likeness (QED) is 0.441. The highest BCUT2D eigenvalue weighted by Gasteiger charge is 2.31. The lowest BCUT2D eigenvalue weighted by Crippen LogP contribution is -2.18. The first kappa shape index (κ1) is 23.1. The van der Waals surface area contributed by atoms with Gasteiger partial charge in [-0.05, 0) is 49.1 Å². The molecule has 5 nitrogen and oxygen atoms in total. The molecular formula is C23H22Cl2FNO4. The van der Waals surface area contributed by atoms with Crippen LogP contribution in [0.2, 0.25) is 10.0 Å². The van der Waals surface area contributed by atoms with Crippen LogP contribution < -0.4 is 0 Å². The Bertz CT molecular complexity index is 1190. The molecule has 0 aliphatic carbocycles. The third-order valence-electron chi connectivity index (χ3n) is 5.67. The Hall–Kier alpha value is -2.57. The van der Waals surface area contributed by atoms with Gasteiger partial charge in [-0.25, -0.2) is 4.39 Å². The Morgan fingerprint density at radius 3 is 2.42 bits per heavy atom. The maximum Gasteiger partial charge on any atom is 0.311 e. The third kappa shape index (κ3) is 4.27. The number of carboxylic acid groups (broad SMARTS) is 1. The highest BCUT2D eigenvalue weighted by molar-refractivity contribution is 6.42. The Kier molecular flexibility index (Phi) is 6.62. The average Bonchev–Trinajstić information content (AvgIpc) is 2.98. The van der Waals surface area contributed by atoms with E-state index in [1.54, 1.807) is 6.92 Å². The lowest BCUT2D eigenvalue weighted by molar-refractivity contribution is -0.139. The summed E-state index contributed by atoms with van der Waals surface area (Å²) in [4.78, 5) is 25.5. The van der Waals surface area contributed by atoms with E-state index in [0.29, 0.717) is 23.1 Å². The number of benzene rings is 2. The number of carbonyl (C=O) groups excluding carboxylic acids is 1. The lowest BCUT2D eigenvalue weighted by Gasteiger charge is -2.17. The molecule has 0 spiro atoms. The molecule has 1 heterocycles. The molecule has 1 aromatic heterocycles. The molecule has 0 aliphatic rings. The van der Waals surface area contributed by atoms with Gasteiger partial charge in [0.2, 0.25) is 0 Å². The van der Waals surface area contributed by atoms with Crippen molar-refractivity contribution in [3.63, 3.8) is 0 Å². The number of rotatable bonds is 6. The van der Waals surface area contributed by atoms with Crippen molar-refractivity contribution in [2.75, 3.05) is 0 Å². The number of phenols is 1. The molecule has 31 heavy (non-hydrogen) atoms. The van der Waals surface area contributed by atoms with Gasteiger partial charge in [-0.3, -0.25) is 14.2 Å². The van der Waals surface area contributed by atoms with Crippen LogP contribution in [-0.2, 0) is 4.79 Å². The molecule has 8 heteroatoms. The van der Waals surface area contributed by atoms with Gasteiger partial charge >= 0.3 is 5.97 Å². The third-order valence-corrected chi connectivity index (χ3v) is 6.41. The van der Waals surface area contributed by atoms with Crippen molar-refractivity contribution in [3.05, 3.63) is 63.0 Å². The van der Waals surface area contributed by atoms with E-state index in [-0.39, 0.29) is 27.0 Å². The summed E-state index contributed by atoms with van der Waals surface area (Å²) in [5.74, 6) is -3.89. The van der Waals surface area contributed by atoms with Gasteiger partial charge in [-0.2, -0.15) is 0 Å². The molecule has 2 N–H and O–H groups in total. The second-order valence-electron chi connectivity index (χ2n) is 7.73. The van der Waals surface area contributed by atoms with Crippen molar-refractivity contribution in [1.29, 1.82) is 0 Å². The standard InChI is InChI=1S/C23H22Cl2FNO4/c1-4-11(2)7-15(23(30)31)21-12(3)27(19-10-18(26)20(28)9-14(19)21)22(29)13-5-6-16(24)17(25)8-13/h5-6,8-11,15,28H,4,7H2,1-3H3,(H,30,31). The number of aromatic hydroxyl groups is 1. The Morgan fingerprint density at radius 1 is 1.16 bits per heavy atom. The summed E-state index contributed by atoms with van der Waals surface area (Å²) >= 11 is 12.0. The highest BCUT2D eigenvalue weighted by Crippen LogP contribution is 2.39. The average molecular weight is 466 g/mol. The highest BCUT2D eigenvalue weighted by atomic mass is 35.5. The molecule has 0 saturated heterocycles. The van der Waals surface area contributed by atoms with Gasteiger partial charge < -0.3 is 10.2 Å². The van der Waals surface area contributed by atoms with Crippen LogP contribution in [0.4, 0.5) is 4.39 Å². The number of carboxylic acids is 1. The molecule has 0 aliphatic heterocycles. The van der Waals surface area contributed by atoms with Crippen molar-refractivity contribution in [1.82, 2.24) is 4.57 Å². The zero-order valence-corrected chi connectivity index (χ0v) is 18.8.